The van der Waals surface area contributed by atoms with Crippen molar-refractivity contribution in [2.45, 2.75) is 38.8 Å². The zero-order valence-corrected chi connectivity index (χ0v) is 11.7. The zero-order valence-electron chi connectivity index (χ0n) is 10.9. The summed E-state index contributed by atoms with van der Waals surface area (Å²) < 4.78 is 0. The van der Waals surface area contributed by atoms with Crippen LogP contribution in [-0.4, -0.2) is 34.6 Å². The van der Waals surface area contributed by atoms with Crippen molar-refractivity contribution in [3.05, 3.63) is 21.9 Å². The molecular formula is C13H18N2O3S. The van der Waals surface area contributed by atoms with Gasteiger partial charge in [-0.3, -0.25) is 4.79 Å². The molecule has 0 saturated heterocycles. The summed E-state index contributed by atoms with van der Waals surface area (Å²) in [6.45, 7) is 2.33. The second-order valence-electron chi connectivity index (χ2n) is 4.63. The van der Waals surface area contributed by atoms with E-state index in [-0.39, 0.29) is 18.6 Å². The lowest BCUT2D eigenvalue weighted by molar-refractivity contribution is -0.137. The van der Waals surface area contributed by atoms with E-state index in [0.717, 1.165) is 24.1 Å². The maximum atomic E-state index is 12.0. The third-order valence-electron chi connectivity index (χ3n) is 3.17. The van der Waals surface area contributed by atoms with Gasteiger partial charge in [0.2, 0.25) is 0 Å². The lowest BCUT2D eigenvalue weighted by Gasteiger charge is -2.20. The van der Waals surface area contributed by atoms with Crippen molar-refractivity contribution >= 4 is 23.3 Å². The van der Waals surface area contributed by atoms with Crippen LogP contribution in [0.15, 0.2) is 11.4 Å². The van der Waals surface area contributed by atoms with Crippen molar-refractivity contribution in [3.8, 4) is 0 Å². The molecule has 1 aliphatic carbocycles. The highest BCUT2D eigenvalue weighted by Crippen LogP contribution is 2.26. The number of hydrogen-bond donors (Lipinski definition) is 2. The Labute approximate surface area is 116 Å². The Balaban J connectivity index is 1.90. The third-order valence-corrected chi connectivity index (χ3v) is 4.14. The lowest BCUT2D eigenvalue weighted by Crippen LogP contribution is -2.43. The van der Waals surface area contributed by atoms with Gasteiger partial charge in [0, 0.05) is 10.9 Å². The molecule has 0 aliphatic heterocycles. The summed E-state index contributed by atoms with van der Waals surface area (Å²) in [5.74, 6) is -0.965. The van der Waals surface area contributed by atoms with Gasteiger partial charge in [0.1, 0.15) is 6.54 Å². The molecule has 0 bridgehead atoms. The smallest absolute Gasteiger partial charge is 0.323 e. The summed E-state index contributed by atoms with van der Waals surface area (Å²) >= 11 is 1.62. The molecule has 19 heavy (non-hydrogen) atoms. The molecule has 5 nitrogen and oxygen atoms in total. The molecule has 0 aromatic carbocycles. The molecule has 1 aliphatic rings. The van der Waals surface area contributed by atoms with E-state index >= 15 is 0 Å². The summed E-state index contributed by atoms with van der Waals surface area (Å²) in [5.41, 5.74) is 1.24. The molecule has 0 unspecified atom stereocenters. The number of amides is 2. The highest BCUT2D eigenvalue weighted by Gasteiger charge is 2.33. The van der Waals surface area contributed by atoms with Crippen LogP contribution in [0.4, 0.5) is 4.79 Å². The number of nitrogens with zero attached hydrogens (tertiary/aromatic N) is 1. The Morgan fingerprint density at radius 2 is 2.26 bits per heavy atom. The summed E-state index contributed by atoms with van der Waals surface area (Å²) in [6.07, 6.45) is 2.75. The Kier molecular flexibility index (Phi) is 4.42. The monoisotopic (exact) mass is 282 g/mol. The molecule has 1 aromatic rings. The lowest BCUT2D eigenvalue weighted by atomic mass is 10.2. The number of urea groups is 1. The average molecular weight is 282 g/mol. The van der Waals surface area contributed by atoms with Crippen molar-refractivity contribution in [3.63, 3.8) is 0 Å². The van der Waals surface area contributed by atoms with Crippen molar-refractivity contribution < 1.29 is 14.7 Å². The summed E-state index contributed by atoms with van der Waals surface area (Å²) in [5, 5.41) is 13.7. The van der Waals surface area contributed by atoms with Gasteiger partial charge in [0.05, 0.1) is 6.54 Å². The molecule has 1 aromatic heterocycles. The van der Waals surface area contributed by atoms with Gasteiger partial charge < -0.3 is 15.3 Å². The minimum Gasteiger partial charge on any atom is -0.480 e. The van der Waals surface area contributed by atoms with Gasteiger partial charge in [-0.15, -0.1) is 11.3 Å². The molecule has 104 valence electrons. The largest absolute Gasteiger partial charge is 0.480 e. The number of carboxylic acid groups (broad SMARTS) is 1. The van der Waals surface area contributed by atoms with E-state index in [0.29, 0.717) is 6.54 Å². The molecule has 2 amide bonds. The maximum Gasteiger partial charge on any atom is 0.323 e. The van der Waals surface area contributed by atoms with E-state index in [1.165, 1.54) is 10.5 Å². The SMILES string of the molecule is CCc1ccsc1CNC(=O)N(CC(=O)O)C1CC1. The number of carbonyl (C=O) groups excluding carboxylic acids is 1. The fourth-order valence-corrected chi connectivity index (χ4v) is 2.91. The number of carboxylic acids is 1. The minimum atomic E-state index is -0.965. The molecule has 2 rings (SSSR count). The van der Waals surface area contributed by atoms with Crippen LogP contribution in [0.3, 0.4) is 0 Å². The van der Waals surface area contributed by atoms with Crippen LogP contribution < -0.4 is 5.32 Å². The van der Waals surface area contributed by atoms with E-state index in [4.69, 9.17) is 5.11 Å². The van der Waals surface area contributed by atoms with E-state index in [1.807, 2.05) is 5.38 Å². The number of carbonyl (C=O) groups is 2. The van der Waals surface area contributed by atoms with Crippen molar-refractivity contribution in [2.75, 3.05) is 6.54 Å². The van der Waals surface area contributed by atoms with Gasteiger partial charge in [0.15, 0.2) is 0 Å². The first-order valence-corrected chi connectivity index (χ1v) is 7.31. The highest BCUT2D eigenvalue weighted by molar-refractivity contribution is 7.10. The molecular weight excluding hydrogens is 264 g/mol. The minimum absolute atomic E-state index is 0.102. The van der Waals surface area contributed by atoms with Crippen molar-refractivity contribution in [1.82, 2.24) is 10.2 Å². The Morgan fingerprint density at radius 1 is 1.53 bits per heavy atom. The highest BCUT2D eigenvalue weighted by atomic mass is 32.1. The fraction of sp³-hybridized carbons (Fsp3) is 0.538. The Bertz CT molecular complexity index is 468. The van der Waals surface area contributed by atoms with Crippen molar-refractivity contribution in [1.29, 1.82) is 0 Å². The second kappa shape index (κ2) is 6.06. The molecule has 1 heterocycles. The second-order valence-corrected chi connectivity index (χ2v) is 5.63. The van der Waals surface area contributed by atoms with E-state index in [2.05, 4.69) is 18.3 Å². The molecule has 1 saturated carbocycles. The van der Waals surface area contributed by atoms with Gasteiger partial charge in [-0.2, -0.15) is 0 Å². The van der Waals surface area contributed by atoms with Crippen LogP contribution in [0.25, 0.3) is 0 Å². The predicted octanol–water partition coefficient (Wildman–Crippen LogP) is 2.07. The molecule has 2 N–H and O–H groups in total. The molecule has 0 radical (unpaired) electrons. The number of thiophene rings is 1. The maximum absolute atomic E-state index is 12.0. The van der Waals surface area contributed by atoms with Crippen LogP contribution in [0, 0.1) is 0 Å². The number of aryl methyl sites for hydroxylation is 1. The molecule has 1 fully saturated rings. The zero-order chi connectivity index (χ0) is 13.8. The predicted molar refractivity (Wildman–Crippen MR) is 73.3 cm³/mol. The Morgan fingerprint density at radius 3 is 2.84 bits per heavy atom. The summed E-state index contributed by atoms with van der Waals surface area (Å²) in [4.78, 5) is 25.3. The van der Waals surface area contributed by atoms with Crippen molar-refractivity contribution in [2.24, 2.45) is 0 Å². The normalized spacial score (nSPS) is 14.2. The van der Waals surface area contributed by atoms with E-state index in [9.17, 15) is 9.59 Å². The first kappa shape index (κ1) is 13.9. The Hall–Kier alpha value is -1.56. The number of aliphatic carboxylic acids is 1. The van der Waals surface area contributed by atoms with Gasteiger partial charge in [-0.25, -0.2) is 4.79 Å². The van der Waals surface area contributed by atoms with Gasteiger partial charge in [-0.1, -0.05) is 6.92 Å². The fourth-order valence-electron chi connectivity index (χ4n) is 1.99. The average Bonchev–Trinajstić information content (AvgIpc) is 3.11. The van der Waals surface area contributed by atoms with Crippen LogP contribution >= 0.6 is 11.3 Å². The first-order valence-electron chi connectivity index (χ1n) is 6.43. The van der Waals surface area contributed by atoms with Gasteiger partial charge in [0.25, 0.3) is 0 Å². The van der Waals surface area contributed by atoms with Gasteiger partial charge >= 0.3 is 12.0 Å². The molecule has 0 atom stereocenters. The van der Waals surface area contributed by atoms with Crippen LogP contribution in [-0.2, 0) is 17.8 Å². The van der Waals surface area contributed by atoms with Crippen LogP contribution in [0.5, 0.6) is 0 Å². The molecule has 0 spiro atoms. The summed E-state index contributed by atoms with van der Waals surface area (Å²) in [6, 6.07) is 1.88. The van der Waals surface area contributed by atoms with Crippen LogP contribution in [0.2, 0.25) is 0 Å². The topological polar surface area (TPSA) is 69.6 Å². The van der Waals surface area contributed by atoms with E-state index < -0.39 is 5.97 Å². The quantitative estimate of drug-likeness (QED) is 0.839. The standard InChI is InChI=1S/C13H18N2O3S/c1-2-9-5-6-19-11(9)7-14-13(18)15(8-12(16)17)10-3-4-10/h5-6,10H,2-4,7-8H2,1H3,(H,14,18)(H,16,17). The van der Waals surface area contributed by atoms with Crippen LogP contribution in [0.1, 0.15) is 30.2 Å². The van der Waals surface area contributed by atoms with Gasteiger partial charge in [-0.05, 0) is 36.3 Å². The number of hydrogen-bond acceptors (Lipinski definition) is 3. The van der Waals surface area contributed by atoms with E-state index in [1.54, 1.807) is 11.3 Å². The number of rotatable bonds is 6. The summed E-state index contributed by atoms with van der Waals surface area (Å²) in [7, 11) is 0. The number of nitrogens with one attached hydrogen (secondary N) is 1. The molecule has 6 heteroatoms. The third kappa shape index (κ3) is 3.70. The first-order chi connectivity index (χ1) is 9.11.